The van der Waals surface area contributed by atoms with Gasteiger partial charge in [0.25, 0.3) is 0 Å². The van der Waals surface area contributed by atoms with Gasteiger partial charge in [-0.25, -0.2) is 4.98 Å². The number of methoxy groups -OCH3 is 1. The third-order valence-corrected chi connectivity index (χ3v) is 2.39. The first-order chi connectivity index (χ1) is 7.17. The molecule has 1 unspecified atom stereocenters. The van der Waals surface area contributed by atoms with Crippen LogP contribution in [0.5, 0.6) is 5.88 Å². The number of hydrogen-bond donors (Lipinski definition) is 1. The molecule has 3 nitrogen and oxygen atoms in total. The van der Waals surface area contributed by atoms with Crippen LogP contribution >= 0.6 is 0 Å². The molecule has 1 aromatic rings. The first-order valence-electron chi connectivity index (χ1n) is 5.45. The second-order valence-electron chi connectivity index (χ2n) is 3.82. The van der Waals surface area contributed by atoms with Crippen molar-refractivity contribution in [2.75, 3.05) is 12.4 Å². The molecule has 0 aliphatic heterocycles. The van der Waals surface area contributed by atoms with Crippen LogP contribution < -0.4 is 10.1 Å². The Morgan fingerprint density at radius 1 is 1.47 bits per heavy atom. The van der Waals surface area contributed by atoms with Crippen LogP contribution in [0.3, 0.4) is 0 Å². The van der Waals surface area contributed by atoms with Crippen LogP contribution in [0.4, 0.5) is 5.69 Å². The Labute approximate surface area is 91.9 Å². The zero-order chi connectivity index (χ0) is 11.3. The number of anilines is 1. The minimum Gasteiger partial charge on any atom is -0.481 e. The number of hydrogen-bond acceptors (Lipinski definition) is 3. The lowest BCUT2D eigenvalue weighted by atomic mass is 10.2. The van der Waals surface area contributed by atoms with Crippen LogP contribution in [0.25, 0.3) is 0 Å². The number of rotatable bonds is 5. The van der Waals surface area contributed by atoms with Crippen molar-refractivity contribution < 1.29 is 4.74 Å². The third-order valence-electron chi connectivity index (χ3n) is 2.39. The summed E-state index contributed by atoms with van der Waals surface area (Å²) in [5, 5.41) is 3.44. The molecule has 0 aliphatic rings. The normalized spacial score (nSPS) is 12.3. The largest absolute Gasteiger partial charge is 0.481 e. The Bertz CT molecular complexity index is 312. The summed E-state index contributed by atoms with van der Waals surface area (Å²) in [7, 11) is 1.63. The van der Waals surface area contributed by atoms with Crippen LogP contribution in [-0.2, 0) is 0 Å². The van der Waals surface area contributed by atoms with E-state index in [1.165, 1.54) is 12.8 Å². The molecule has 0 aliphatic carbocycles. The van der Waals surface area contributed by atoms with Crippen LogP contribution in [-0.4, -0.2) is 18.1 Å². The summed E-state index contributed by atoms with van der Waals surface area (Å²) >= 11 is 0. The Hall–Kier alpha value is -1.25. The fourth-order valence-corrected chi connectivity index (χ4v) is 1.57. The van der Waals surface area contributed by atoms with Gasteiger partial charge in [0.2, 0.25) is 5.88 Å². The molecule has 1 atom stereocenters. The van der Waals surface area contributed by atoms with E-state index in [-0.39, 0.29) is 0 Å². The number of aryl methyl sites for hydroxylation is 1. The maximum Gasteiger partial charge on any atom is 0.213 e. The summed E-state index contributed by atoms with van der Waals surface area (Å²) in [5.74, 6) is 0.668. The van der Waals surface area contributed by atoms with Crippen molar-refractivity contribution in [2.45, 2.75) is 39.7 Å². The van der Waals surface area contributed by atoms with E-state index in [0.717, 1.165) is 11.4 Å². The lowest BCUT2D eigenvalue weighted by molar-refractivity contribution is 0.397. The average Bonchev–Trinajstić information content (AvgIpc) is 2.21. The number of nitrogens with one attached hydrogen (secondary N) is 1. The molecule has 0 saturated heterocycles. The van der Waals surface area contributed by atoms with E-state index in [1.807, 2.05) is 19.1 Å². The van der Waals surface area contributed by atoms with Crippen molar-refractivity contribution in [3.8, 4) is 5.88 Å². The molecule has 84 valence electrons. The molecule has 0 saturated carbocycles. The van der Waals surface area contributed by atoms with Gasteiger partial charge in [0.1, 0.15) is 0 Å². The fraction of sp³-hybridized carbons (Fsp3) is 0.583. The van der Waals surface area contributed by atoms with Gasteiger partial charge in [-0.3, -0.25) is 0 Å². The quantitative estimate of drug-likeness (QED) is 0.807. The summed E-state index contributed by atoms with van der Waals surface area (Å²) in [5.41, 5.74) is 2.08. The second-order valence-corrected chi connectivity index (χ2v) is 3.82. The topological polar surface area (TPSA) is 34.1 Å². The summed E-state index contributed by atoms with van der Waals surface area (Å²) in [6.45, 7) is 6.37. The van der Waals surface area contributed by atoms with Crippen molar-refractivity contribution in [3.63, 3.8) is 0 Å². The Kier molecular flexibility index (Phi) is 4.40. The Balaban J connectivity index is 2.69. The maximum atomic E-state index is 5.06. The molecule has 0 spiro atoms. The summed E-state index contributed by atoms with van der Waals surface area (Å²) in [6.07, 6.45) is 2.36. The molecule has 0 radical (unpaired) electrons. The number of pyridine rings is 1. The highest BCUT2D eigenvalue weighted by molar-refractivity contribution is 5.49. The monoisotopic (exact) mass is 208 g/mol. The van der Waals surface area contributed by atoms with Gasteiger partial charge in [-0.05, 0) is 26.3 Å². The van der Waals surface area contributed by atoms with E-state index in [4.69, 9.17) is 4.74 Å². The molecule has 1 N–H and O–H groups in total. The molecule has 0 aromatic carbocycles. The molecule has 3 heteroatoms. The molecule has 1 rings (SSSR count). The number of nitrogens with zero attached hydrogens (tertiary/aromatic N) is 1. The molecular weight excluding hydrogens is 188 g/mol. The first kappa shape index (κ1) is 11.8. The minimum atomic E-state index is 0.490. The first-order valence-corrected chi connectivity index (χ1v) is 5.45. The predicted molar refractivity (Wildman–Crippen MR) is 63.5 cm³/mol. The Morgan fingerprint density at radius 3 is 2.73 bits per heavy atom. The summed E-state index contributed by atoms with van der Waals surface area (Å²) in [4.78, 5) is 4.32. The zero-order valence-corrected chi connectivity index (χ0v) is 10.0. The van der Waals surface area contributed by atoms with Gasteiger partial charge in [-0.1, -0.05) is 13.3 Å². The second kappa shape index (κ2) is 5.59. The van der Waals surface area contributed by atoms with Gasteiger partial charge >= 0.3 is 0 Å². The predicted octanol–water partition coefficient (Wildman–Crippen LogP) is 3.00. The van der Waals surface area contributed by atoms with E-state index in [9.17, 15) is 0 Å². The van der Waals surface area contributed by atoms with Crippen LogP contribution in [0.1, 0.15) is 32.4 Å². The highest BCUT2D eigenvalue weighted by Gasteiger charge is 2.05. The molecule has 15 heavy (non-hydrogen) atoms. The van der Waals surface area contributed by atoms with Crippen molar-refractivity contribution >= 4 is 5.69 Å². The molecule has 1 aromatic heterocycles. The maximum absolute atomic E-state index is 5.06. The van der Waals surface area contributed by atoms with E-state index in [0.29, 0.717) is 11.9 Å². The van der Waals surface area contributed by atoms with E-state index in [2.05, 4.69) is 24.1 Å². The summed E-state index contributed by atoms with van der Waals surface area (Å²) in [6, 6.07) is 4.39. The van der Waals surface area contributed by atoms with Gasteiger partial charge in [-0.15, -0.1) is 0 Å². The van der Waals surface area contributed by atoms with Gasteiger partial charge in [0, 0.05) is 12.1 Å². The van der Waals surface area contributed by atoms with Crippen molar-refractivity contribution in [1.82, 2.24) is 4.98 Å². The highest BCUT2D eigenvalue weighted by atomic mass is 16.5. The zero-order valence-electron chi connectivity index (χ0n) is 10.0. The van der Waals surface area contributed by atoms with Gasteiger partial charge in [-0.2, -0.15) is 0 Å². The van der Waals surface area contributed by atoms with Crippen LogP contribution in [0.2, 0.25) is 0 Å². The molecule has 0 amide bonds. The van der Waals surface area contributed by atoms with Crippen LogP contribution in [0, 0.1) is 6.92 Å². The van der Waals surface area contributed by atoms with E-state index in [1.54, 1.807) is 7.11 Å². The molecule has 0 bridgehead atoms. The van der Waals surface area contributed by atoms with E-state index >= 15 is 0 Å². The smallest absolute Gasteiger partial charge is 0.213 e. The van der Waals surface area contributed by atoms with Crippen LogP contribution in [0.15, 0.2) is 12.1 Å². The lowest BCUT2D eigenvalue weighted by Crippen LogP contribution is -2.15. The van der Waals surface area contributed by atoms with Gasteiger partial charge in [0.15, 0.2) is 0 Å². The SMILES string of the molecule is CCCC(C)Nc1ccc(OC)nc1C. The van der Waals surface area contributed by atoms with Gasteiger partial charge in [0.05, 0.1) is 18.5 Å². The number of ether oxygens (including phenoxy) is 1. The summed E-state index contributed by atoms with van der Waals surface area (Å²) < 4.78 is 5.06. The standard InChI is InChI=1S/C12H20N2O/c1-5-6-9(2)13-11-7-8-12(15-4)14-10(11)3/h7-9,13H,5-6H2,1-4H3. The van der Waals surface area contributed by atoms with Gasteiger partial charge < -0.3 is 10.1 Å². The van der Waals surface area contributed by atoms with Crippen molar-refractivity contribution in [3.05, 3.63) is 17.8 Å². The molecule has 1 heterocycles. The van der Waals surface area contributed by atoms with Crippen molar-refractivity contribution in [2.24, 2.45) is 0 Å². The number of aromatic nitrogens is 1. The van der Waals surface area contributed by atoms with E-state index < -0.39 is 0 Å². The lowest BCUT2D eigenvalue weighted by Gasteiger charge is -2.16. The Morgan fingerprint density at radius 2 is 2.20 bits per heavy atom. The molecule has 0 fully saturated rings. The highest BCUT2D eigenvalue weighted by Crippen LogP contribution is 2.18. The minimum absolute atomic E-state index is 0.490. The van der Waals surface area contributed by atoms with Crippen molar-refractivity contribution in [1.29, 1.82) is 0 Å². The molecular formula is C12H20N2O. The average molecular weight is 208 g/mol. The fourth-order valence-electron chi connectivity index (χ4n) is 1.57. The third kappa shape index (κ3) is 3.42.